The van der Waals surface area contributed by atoms with Crippen LogP contribution in [-0.4, -0.2) is 42.6 Å². The molecule has 1 aliphatic rings. The van der Waals surface area contributed by atoms with Gasteiger partial charge in [-0.25, -0.2) is 0 Å². The van der Waals surface area contributed by atoms with Gasteiger partial charge in [0.05, 0.1) is 5.92 Å². The number of hydrogen-bond donors (Lipinski definition) is 3. The fourth-order valence-corrected chi connectivity index (χ4v) is 3.26. The van der Waals surface area contributed by atoms with Crippen molar-refractivity contribution in [2.75, 3.05) is 25.1 Å². The lowest BCUT2D eigenvalue weighted by Gasteiger charge is -2.25. The number of ether oxygens (including phenoxy) is 1. The number of carbonyl (C=O) groups is 3. The molecule has 3 N–H and O–H groups in total. The number of carbonyl (C=O) groups excluding carboxylic acids is 2. The van der Waals surface area contributed by atoms with Crippen molar-refractivity contribution >= 4 is 23.5 Å². The molecule has 7 nitrogen and oxygen atoms in total. The van der Waals surface area contributed by atoms with Gasteiger partial charge < -0.3 is 20.5 Å². The maximum absolute atomic E-state index is 12.5. The molecule has 0 radical (unpaired) electrons. The lowest BCUT2D eigenvalue weighted by molar-refractivity contribution is -0.143. The summed E-state index contributed by atoms with van der Waals surface area (Å²) in [5.74, 6) is -1.99. The zero-order valence-electron chi connectivity index (χ0n) is 15.7. The second kappa shape index (κ2) is 10.7. The Bertz CT molecular complexity index is 662. The standard InChI is InChI=1S/C20H28N2O5/c1-2-27-11-5-10-21-18(23)15-7-4-9-17(13-15)22-19(24)14-6-3-8-16(12-14)20(25)26/h4,7,9,13-14,16H,2-3,5-6,8,10-12H2,1H3,(H,21,23)(H,22,24)(H,25,26). The molecule has 2 unspecified atom stereocenters. The second-order valence-electron chi connectivity index (χ2n) is 6.78. The maximum atomic E-state index is 12.5. The number of hydrogen-bond acceptors (Lipinski definition) is 4. The van der Waals surface area contributed by atoms with Crippen LogP contribution in [0.3, 0.4) is 0 Å². The van der Waals surface area contributed by atoms with Crippen molar-refractivity contribution in [3.63, 3.8) is 0 Å². The lowest BCUT2D eigenvalue weighted by atomic mass is 9.81. The monoisotopic (exact) mass is 376 g/mol. The largest absolute Gasteiger partial charge is 0.481 e. The van der Waals surface area contributed by atoms with Crippen LogP contribution in [0.1, 0.15) is 49.4 Å². The summed E-state index contributed by atoms with van der Waals surface area (Å²) in [5, 5.41) is 14.8. The summed E-state index contributed by atoms with van der Waals surface area (Å²) in [6, 6.07) is 6.76. The van der Waals surface area contributed by atoms with Crippen LogP contribution < -0.4 is 10.6 Å². The Hall–Kier alpha value is -2.41. The van der Waals surface area contributed by atoms with Gasteiger partial charge in [0.25, 0.3) is 5.91 Å². The van der Waals surface area contributed by atoms with E-state index in [2.05, 4.69) is 10.6 Å². The molecule has 1 fully saturated rings. The summed E-state index contributed by atoms with van der Waals surface area (Å²) in [7, 11) is 0. The molecule has 1 aromatic carbocycles. The fraction of sp³-hybridized carbons (Fsp3) is 0.550. The van der Waals surface area contributed by atoms with E-state index in [1.165, 1.54) is 0 Å². The average Bonchev–Trinajstić information content (AvgIpc) is 2.68. The van der Waals surface area contributed by atoms with E-state index >= 15 is 0 Å². The highest BCUT2D eigenvalue weighted by atomic mass is 16.5. The number of nitrogens with one attached hydrogen (secondary N) is 2. The molecule has 2 amide bonds. The Morgan fingerprint density at radius 3 is 2.74 bits per heavy atom. The van der Waals surface area contributed by atoms with Crippen LogP contribution in [0.25, 0.3) is 0 Å². The Morgan fingerprint density at radius 2 is 2.00 bits per heavy atom. The molecule has 1 aliphatic carbocycles. The van der Waals surface area contributed by atoms with E-state index in [0.717, 1.165) is 12.8 Å². The number of carboxylic acid groups (broad SMARTS) is 1. The Labute approximate surface area is 159 Å². The summed E-state index contributed by atoms with van der Waals surface area (Å²) in [6.07, 6.45) is 3.15. The maximum Gasteiger partial charge on any atom is 0.306 e. The molecular formula is C20H28N2O5. The highest BCUT2D eigenvalue weighted by Gasteiger charge is 2.31. The number of anilines is 1. The molecule has 1 saturated carbocycles. The highest BCUT2D eigenvalue weighted by molar-refractivity contribution is 5.97. The fourth-order valence-electron chi connectivity index (χ4n) is 3.26. The average molecular weight is 376 g/mol. The Morgan fingerprint density at radius 1 is 1.22 bits per heavy atom. The molecule has 2 atom stereocenters. The van der Waals surface area contributed by atoms with Gasteiger partial charge in [-0.1, -0.05) is 12.5 Å². The van der Waals surface area contributed by atoms with Crippen LogP contribution in [0.2, 0.25) is 0 Å². The summed E-state index contributed by atoms with van der Waals surface area (Å²) in [5.41, 5.74) is 1.01. The molecule has 0 saturated heterocycles. The van der Waals surface area contributed by atoms with E-state index in [1.54, 1.807) is 24.3 Å². The van der Waals surface area contributed by atoms with Crippen LogP contribution in [0.4, 0.5) is 5.69 Å². The van der Waals surface area contributed by atoms with Crippen LogP contribution in [0.5, 0.6) is 0 Å². The van der Waals surface area contributed by atoms with Crippen LogP contribution in [0, 0.1) is 11.8 Å². The van der Waals surface area contributed by atoms with Crippen molar-refractivity contribution in [3.8, 4) is 0 Å². The zero-order valence-corrected chi connectivity index (χ0v) is 15.7. The molecule has 0 aliphatic heterocycles. The molecule has 1 aromatic rings. The minimum absolute atomic E-state index is 0.185. The molecule has 0 spiro atoms. The molecule has 27 heavy (non-hydrogen) atoms. The predicted octanol–water partition coefficient (Wildman–Crippen LogP) is 2.67. The van der Waals surface area contributed by atoms with Gasteiger partial charge in [-0.2, -0.15) is 0 Å². The molecule has 148 valence electrons. The van der Waals surface area contributed by atoms with E-state index in [1.807, 2.05) is 6.92 Å². The summed E-state index contributed by atoms with van der Waals surface area (Å²) < 4.78 is 5.23. The first-order valence-corrected chi connectivity index (χ1v) is 9.51. The van der Waals surface area contributed by atoms with Crippen molar-refractivity contribution in [1.82, 2.24) is 5.32 Å². The first kappa shape index (κ1) is 20.9. The van der Waals surface area contributed by atoms with E-state index in [-0.39, 0.29) is 17.7 Å². The Kier molecular flexibility index (Phi) is 8.26. The third-order valence-corrected chi connectivity index (χ3v) is 4.74. The zero-order chi connectivity index (χ0) is 19.6. The number of amides is 2. The van der Waals surface area contributed by atoms with Crippen LogP contribution in [0.15, 0.2) is 24.3 Å². The molecule has 0 bridgehead atoms. The number of aliphatic carboxylic acids is 1. The van der Waals surface area contributed by atoms with Gasteiger partial charge in [0, 0.05) is 36.9 Å². The third kappa shape index (κ3) is 6.67. The first-order chi connectivity index (χ1) is 13.0. The highest BCUT2D eigenvalue weighted by Crippen LogP contribution is 2.30. The second-order valence-corrected chi connectivity index (χ2v) is 6.78. The van der Waals surface area contributed by atoms with Gasteiger partial charge in [-0.15, -0.1) is 0 Å². The molecule has 0 heterocycles. The minimum Gasteiger partial charge on any atom is -0.481 e. The van der Waals surface area contributed by atoms with E-state index in [9.17, 15) is 14.4 Å². The normalized spacial score (nSPS) is 19.3. The van der Waals surface area contributed by atoms with Gasteiger partial charge in [-0.05, 0) is 50.8 Å². The van der Waals surface area contributed by atoms with Gasteiger partial charge in [0.1, 0.15) is 0 Å². The van der Waals surface area contributed by atoms with Crippen LogP contribution in [-0.2, 0) is 14.3 Å². The molecule has 7 heteroatoms. The molecule has 0 aromatic heterocycles. The quantitative estimate of drug-likeness (QED) is 0.575. The summed E-state index contributed by atoms with van der Waals surface area (Å²) in [4.78, 5) is 35.8. The summed E-state index contributed by atoms with van der Waals surface area (Å²) in [6.45, 7) is 3.71. The lowest BCUT2D eigenvalue weighted by Crippen LogP contribution is -2.31. The van der Waals surface area contributed by atoms with Gasteiger partial charge in [0.15, 0.2) is 0 Å². The van der Waals surface area contributed by atoms with Gasteiger partial charge in [0.2, 0.25) is 5.91 Å². The minimum atomic E-state index is -0.837. The predicted molar refractivity (Wildman–Crippen MR) is 102 cm³/mol. The van der Waals surface area contributed by atoms with Gasteiger partial charge in [-0.3, -0.25) is 14.4 Å². The van der Waals surface area contributed by atoms with Crippen molar-refractivity contribution in [2.24, 2.45) is 11.8 Å². The van der Waals surface area contributed by atoms with E-state index < -0.39 is 11.9 Å². The summed E-state index contributed by atoms with van der Waals surface area (Å²) >= 11 is 0. The Balaban J connectivity index is 1.88. The topological polar surface area (TPSA) is 105 Å². The van der Waals surface area contributed by atoms with Gasteiger partial charge >= 0.3 is 5.97 Å². The van der Waals surface area contributed by atoms with E-state index in [4.69, 9.17) is 9.84 Å². The number of rotatable bonds is 9. The number of benzene rings is 1. The number of carboxylic acids is 1. The van der Waals surface area contributed by atoms with E-state index in [0.29, 0.717) is 50.3 Å². The smallest absolute Gasteiger partial charge is 0.306 e. The molecular weight excluding hydrogens is 348 g/mol. The molecule has 2 rings (SSSR count). The van der Waals surface area contributed by atoms with Crippen molar-refractivity contribution in [3.05, 3.63) is 29.8 Å². The van der Waals surface area contributed by atoms with Crippen molar-refractivity contribution in [1.29, 1.82) is 0 Å². The van der Waals surface area contributed by atoms with Crippen molar-refractivity contribution in [2.45, 2.75) is 39.0 Å². The van der Waals surface area contributed by atoms with Crippen LogP contribution >= 0.6 is 0 Å². The van der Waals surface area contributed by atoms with Crippen molar-refractivity contribution < 1.29 is 24.2 Å². The first-order valence-electron chi connectivity index (χ1n) is 9.51. The SMILES string of the molecule is CCOCCCNC(=O)c1cccc(NC(=O)C2CCCC(C(=O)O)C2)c1. The third-order valence-electron chi connectivity index (χ3n) is 4.74.